The fourth-order valence-electron chi connectivity index (χ4n) is 1.09. The van der Waals surface area contributed by atoms with Crippen LogP contribution in [0, 0.1) is 0 Å². The Morgan fingerprint density at radius 2 is 2.50 bits per heavy atom. The first kappa shape index (κ1) is 9.07. The van der Waals surface area contributed by atoms with Gasteiger partial charge in [-0.3, -0.25) is 0 Å². The number of aliphatic hydroxyl groups excluding tert-OH is 1. The zero-order chi connectivity index (χ0) is 8.97. The van der Waals surface area contributed by atoms with E-state index in [0.717, 1.165) is 18.5 Å². The van der Waals surface area contributed by atoms with Crippen LogP contribution in [-0.4, -0.2) is 9.67 Å². The van der Waals surface area contributed by atoms with Crippen LogP contribution in [0.15, 0.2) is 31.1 Å². The van der Waals surface area contributed by atoms with Gasteiger partial charge in [-0.05, 0) is 25.0 Å². The predicted octanol–water partition coefficient (Wildman–Crippen LogP) is 2.12. The quantitative estimate of drug-likeness (QED) is 0.679. The molecule has 12 heavy (non-hydrogen) atoms. The lowest BCUT2D eigenvalue weighted by Gasteiger charge is -2.00. The van der Waals surface area contributed by atoms with E-state index in [-0.39, 0.29) is 6.10 Å². The molecule has 1 atom stereocenters. The third-order valence-corrected chi connectivity index (χ3v) is 1.85. The van der Waals surface area contributed by atoms with Crippen LogP contribution in [0.3, 0.4) is 0 Å². The number of aryl methyl sites for hydroxylation is 1. The summed E-state index contributed by atoms with van der Waals surface area (Å²) in [6, 6.07) is 1.94. The highest BCUT2D eigenvalue weighted by atomic mass is 16.3. The lowest BCUT2D eigenvalue weighted by molar-refractivity contribution is 0.199. The summed E-state index contributed by atoms with van der Waals surface area (Å²) in [4.78, 5) is 0. The third-order valence-electron chi connectivity index (χ3n) is 1.85. The largest absolute Gasteiger partial charge is 0.389 e. The minimum atomic E-state index is -0.366. The molecule has 0 saturated heterocycles. The van der Waals surface area contributed by atoms with Gasteiger partial charge in [-0.25, -0.2) is 0 Å². The summed E-state index contributed by atoms with van der Waals surface area (Å²) in [5.74, 6) is 0. The average molecular weight is 165 g/mol. The van der Waals surface area contributed by atoms with Gasteiger partial charge in [0.25, 0.3) is 0 Å². The van der Waals surface area contributed by atoms with Gasteiger partial charge >= 0.3 is 0 Å². The summed E-state index contributed by atoms with van der Waals surface area (Å²) in [6.45, 7) is 6.37. The second-order valence-corrected chi connectivity index (χ2v) is 2.94. The molecule has 0 bridgehead atoms. The Labute approximate surface area is 73.1 Å². The van der Waals surface area contributed by atoms with E-state index in [1.54, 1.807) is 6.92 Å². The highest BCUT2D eigenvalue weighted by molar-refractivity contribution is 5.12. The van der Waals surface area contributed by atoms with Crippen molar-refractivity contribution >= 4 is 0 Å². The number of aromatic nitrogens is 1. The van der Waals surface area contributed by atoms with Gasteiger partial charge < -0.3 is 9.67 Å². The molecule has 66 valence electrons. The molecule has 1 rings (SSSR count). The Morgan fingerprint density at radius 3 is 3.00 bits per heavy atom. The normalized spacial score (nSPS) is 12.8. The topological polar surface area (TPSA) is 25.2 Å². The van der Waals surface area contributed by atoms with Crippen molar-refractivity contribution in [3.63, 3.8) is 0 Å². The van der Waals surface area contributed by atoms with Gasteiger partial charge in [0.15, 0.2) is 0 Å². The molecule has 1 unspecified atom stereocenters. The zero-order valence-electron chi connectivity index (χ0n) is 7.40. The van der Waals surface area contributed by atoms with Gasteiger partial charge in [-0.15, -0.1) is 6.58 Å². The van der Waals surface area contributed by atoms with Gasteiger partial charge in [0.05, 0.1) is 6.10 Å². The molecular weight excluding hydrogens is 150 g/mol. The highest BCUT2D eigenvalue weighted by Crippen LogP contribution is 2.11. The number of hydrogen-bond donors (Lipinski definition) is 1. The van der Waals surface area contributed by atoms with Crippen LogP contribution < -0.4 is 0 Å². The fourth-order valence-corrected chi connectivity index (χ4v) is 1.09. The van der Waals surface area contributed by atoms with E-state index in [0.29, 0.717) is 0 Å². The Bertz CT molecular complexity index is 250. The maximum atomic E-state index is 9.23. The first-order chi connectivity index (χ1) is 5.74. The van der Waals surface area contributed by atoms with Crippen molar-refractivity contribution in [1.29, 1.82) is 0 Å². The SMILES string of the molecule is C=CCCn1ccc(C(C)O)c1. The van der Waals surface area contributed by atoms with Crippen molar-refractivity contribution in [2.24, 2.45) is 0 Å². The van der Waals surface area contributed by atoms with Crippen molar-refractivity contribution in [2.75, 3.05) is 0 Å². The van der Waals surface area contributed by atoms with Gasteiger partial charge in [-0.2, -0.15) is 0 Å². The number of nitrogens with zero attached hydrogens (tertiary/aromatic N) is 1. The molecule has 0 aliphatic heterocycles. The summed E-state index contributed by atoms with van der Waals surface area (Å²) in [7, 11) is 0. The molecule has 1 N–H and O–H groups in total. The Balaban J connectivity index is 2.58. The Kier molecular flexibility index (Phi) is 3.11. The number of aliphatic hydroxyl groups is 1. The molecule has 0 aliphatic rings. The Morgan fingerprint density at radius 1 is 1.75 bits per heavy atom. The van der Waals surface area contributed by atoms with Crippen molar-refractivity contribution in [3.05, 3.63) is 36.7 Å². The van der Waals surface area contributed by atoms with Crippen LogP contribution in [0.2, 0.25) is 0 Å². The molecule has 0 saturated carbocycles. The number of rotatable bonds is 4. The standard InChI is InChI=1S/C10H15NO/c1-3-4-6-11-7-5-10(8-11)9(2)12/h3,5,7-9,12H,1,4,6H2,2H3. The molecule has 1 heterocycles. The van der Waals surface area contributed by atoms with Crippen molar-refractivity contribution in [1.82, 2.24) is 4.57 Å². The van der Waals surface area contributed by atoms with Crippen LogP contribution in [0.1, 0.15) is 25.0 Å². The summed E-state index contributed by atoms with van der Waals surface area (Å²) < 4.78 is 2.06. The van der Waals surface area contributed by atoms with E-state index in [4.69, 9.17) is 0 Å². The van der Waals surface area contributed by atoms with Crippen molar-refractivity contribution in [3.8, 4) is 0 Å². The smallest absolute Gasteiger partial charge is 0.0776 e. The number of hydrogen-bond acceptors (Lipinski definition) is 1. The first-order valence-corrected chi connectivity index (χ1v) is 4.18. The fraction of sp³-hybridized carbons (Fsp3) is 0.400. The van der Waals surface area contributed by atoms with E-state index in [1.807, 2.05) is 24.5 Å². The van der Waals surface area contributed by atoms with Crippen LogP contribution >= 0.6 is 0 Å². The van der Waals surface area contributed by atoms with Crippen LogP contribution in [0.5, 0.6) is 0 Å². The van der Waals surface area contributed by atoms with E-state index in [2.05, 4.69) is 11.1 Å². The lowest BCUT2D eigenvalue weighted by Crippen LogP contribution is -1.93. The Hall–Kier alpha value is -1.02. The molecule has 0 aromatic carbocycles. The van der Waals surface area contributed by atoms with E-state index < -0.39 is 0 Å². The van der Waals surface area contributed by atoms with Crippen molar-refractivity contribution < 1.29 is 5.11 Å². The van der Waals surface area contributed by atoms with Crippen molar-refractivity contribution in [2.45, 2.75) is 26.0 Å². The van der Waals surface area contributed by atoms with Gasteiger partial charge in [0, 0.05) is 18.9 Å². The van der Waals surface area contributed by atoms with E-state index in [9.17, 15) is 5.11 Å². The molecule has 0 amide bonds. The summed E-state index contributed by atoms with van der Waals surface area (Å²) >= 11 is 0. The minimum Gasteiger partial charge on any atom is -0.389 e. The molecule has 0 aliphatic carbocycles. The predicted molar refractivity (Wildman–Crippen MR) is 49.9 cm³/mol. The molecule has 0 radical (unpaired) electrons. The molecule has 1 aromatic rings. The monoisotopic (exact) mass is 165 g/mol. The van der Waals surface area contributed by atoms with Crippen LogP contribution in [0.4, 0.5) is 0 Å². The molecule has 2 heteroatoms. The second kappa shape index (κ2) is 4.12. The zero-order valence-corrected chi connectivity index (χ0v) is 7.40. The van der Waals surface area contributed by atoms with Gasteiger partial charge in [-0.1, -0.05) is 6.08 Å². The van der Waals surface area contributed by atoms with Gasteiger partial charge in [0.1, 0.15) is 0 Å². The first-order valence-electron chi connectivity index (χ1n) is 4.18. The average Bonchev–Trinajstić information content (AvgIpc) is 2.48. The molecular formula is C10H15NO. The molecule has 0 spiro atoms. The summed E-state index contributed by atoms with van der Waals surface area (Å²) in [6.07, 6.45) is 6.44. The van der Waals surface area contributed by atoms with Crippen LogP contribution in [-0.2, 0) is 6.54 Å². The highest BCUT2D eigenvalue weighted by Gasteiger charge is 2.01. The molecule has 1 aromatic heterocycles. The summed E-state index contributed by atoms with van der Waals surface area (Å²) in [5.41, 5.74) is 0.971. The lowest BCUT2D eigenvalue weighted by atomic mass is 10.2. The maximum absolute atomic E-state index is 9.23. The third kappa shape index (κ3) is 2.24. The van der Waals surface area contributed by atoms with Crippen LogP contribution in [0.25, 0.3) is 0 Å². The van der Waals surface area contributed by atoms with Gasteiger partial charge in [0.2, 0.25) is 0 Å². The molecule has 2 nitrogen and oxygen atoms in total. The van der Waals surface area contributed by atoms with E-state index in [1.165, 1.54) is 0 Å². The van der Waals surface area contributed by atoms with E-state index >= 15 is 0 Å². The summed E-state index contributed by atoms with van der Waals surface area (Å²) in [5, 5.41) is 9.23. The maximum Gasteiger partial charge on any atom is 0.0776 e. The molecule has 0 fully saturated rings. The number of allylic oxidation sites excluding steroid dienone is 1. The minimum absolute atomic E-state index is 0.366. The second-order valence-electron chi connectivity index (χ2n) is 2.94.